The Kier molecular flexibility index (Phi) is 2.66. The SMILES string of the molecule is O=[N+]([O-])c1ccc2nc3c(nc2c1)OCC1CCCCN31. The Balaban J connectivity index is 1.83. The van der Waals surface area contributed by atoms with Gasteiger partial charge in [-0.1, -0.05) is 0 Å². The maximum Gasteiger partial charge on any atom is 0.271 e. The van der Waals surface area contributed by atoms with Crippen LogP contribution in [0.4, 0.5) is 11.5 Å². The predicted molar refractivity (Wildman–Crippen MR) is 76.7 cm³/mol. The Hall–Kier alpha value is -2.44. The topological polar surface area (TPSA) is 81.4 Å². The standard InChI is InChI=1S/C14H14N4O3/c19-18(20)9-4-5-11-12(7-9)16-14-13(15-11)17-6-2-1-3-10(17)8-21-14/h4-5,7,10H,1-3,6,8H2. The third kappa shape index (κ3) is 1.96. The fourth-order valence-electron chi connectivity index (χ4n) is 3.04. The van der Waals surface area contributed by atoms with E-state index in [1.54, 1.807) is 6.07 Å². The molecule has 0 bridgehead atoms. The molecule has 0 aliphatic carbocycles. The summed E-state index contributed by atoms with van der Waals surface area (Å²) < 4.78 is 5.72. The average Bonchev–Trinajstić information content (AvgIpc) is 2.52. The second-order valence-electron chi connectivity index (χ2n) is 5.44. The summed E-state index contributed by atoms with van der Waals surface area (Å²) in [5.74, 6) is 1.26. The predicted octanol–water partition coefficient (Wildman–Crippen LogP) is 2.29. The molecule has 0 spiro atoms. The zero-order valence-electron chi connectivity index (χ0n) is 11.4. The fourth-order valence-corrected chi connectivity index (χ4v) is 3.04. The molecule has 1 atom stereocenters. The molecular formula is C14H14N4O3. The molecule has 0 amide bonds. The maximum absolute atomic E-state index is 10.8. The van der Waals surface area contributed by atoms with Gasteiger partial charge in [0.05, 0.1) is 22.0 Å². The Labute approximate surface area is 120 Å². The first-order valence-electron chi connectivity index (χ1n) is 7.08. The highest BCUT2D eigenvalue weighted by atomic mass is 16.6. The molecule has 7 nitrogen and oxygen atoms in total. The highest BCUT2D eigenvalue weighted by Gasteiger charge is 2.32. The smallest absolute Gasteiger partial charge is 0.271 e. The van der Waals surface area contributed by atoms with E-state index >= 15 is 0 Å². The summed E-state index contributed by atoms with van der Waals surface area (Å²) in [6.45, 7) is 1.58. The number of hydrogen-bond acceptors (Lipinski definition) is 6. The van der Waals surface area contributed by atoms with Gasteiger partial charge in [-0.05, 0) is 25.3 Å². The molecular weight excluding hydrogens is 272 g/mol. The maximum atomic E-state index is 10.8. The van der Waals surface area contributed by atoms with Gasteiger partial charge in [-0.15, -0.1) is 0 Å². The third-order valence-corrected chi connectivity index (χ3v) is 4.12. The molecule has 0 N–H and O–H groups in total. The monoisotopic (exact) mass is 286 g/mol. The lowest BCUT2D eigenvalue weighted by Gasteiger charge is -2.40. The molecule has 0 saturated carbocycles. The number of benzene rings is 1. The summed E-state index contributed by atoms with van der Waals surface area (Å²) in [6.07, 6.45) is 3.47. The molecule has 2 aliphatic rings. The number of nitro benzene ring substituents is 1. The van der Waals surface area contributed by atoms with Crippen molar-refractivity contribution >= 4 is 22.5 Å². The zero-order valence-corrected chi connectivity index (χ0v) is 11.4. The van der Waals surface area contributed by atoms with Gasteiger partial charge in [-0.2, -0.15) is 0 Å². The molecule has 3 heterocycles. The van der Waals surface area contributed by atoms with Crippen LogP contribution in [0.2, 0.25) is 0 Å². The summed E-state index contributed by atoms with van der Waals surface area (Å²) in [6, 6.07) is 4.92. The number of ether oxygens (including phenoxy) is 1. The molecule has 1 fully saturated rings. The Morgan fingerprint density at radius 1 is 1.29 bits per heavy atom. The van der Waals surface area contributed by atoms with E-state index in [4.69, 9.17) is 4.74 Å². The summed E-state index contributed by atoms with van der Waals surface area (Å²) >= 11 is 0. The molecule has 7 heteroatoms. The Bertz CT molecular complexity index is 733. The molecule has 1 unspecified atom stereocenters. The fraction of sp³-hybridized carbons (Fsp3) is 0.429. The van der Waals surface area contributed by atoms with Crippen LogP contribution in [0.3, 0.4) is 0 Å². The van der Waals surface area contributed by atoms with E-state index in [0.717, 1.165) is 25.2 Å². The van der Waals surface area contributed by atoms with Crippen LogP contribution in [0.25, 0.3) is 11.0 Å². The minimum Gasteiger partial charge on any atom is -0.473 e. The van der Waals surface area contributed by atoms with Gasteiger partial charge in [0.15, 0.2) is 5.82 Å². The Morgan fingerprint density at radius 2 is 2.19 bits per heavy atom. The van der Waals surface area contributed by atoms with Gasteiger partial charge in [-0.25, -0.2) is 9.97 Å². The average molecular weight is 286 g/mol. The van der Waals surface area contributed by atoms with E-state index < -0.39 is 4.92 Å². The van der Waals surface area contributed by atoms with Crippen molar-refractivity contribution in [1.82, 2.24) is 9.97 Å². The van der Waals surface area contributed by atoms with Crippen LogP contribution in [0.1, 0.15) is 19.3 Å². The first-order chi connectivity index (χ1) is 10.2. The zero-order chi connectivity index (χ0) is 14.4. The number of fused-ring (bicyclic) bond motifs is 4. The van der Waals surface area contributed by atoms with Gasteiger partial charge >= 0.3 is 0 Å². The van der Waals surface area contributed by atoms with Crippen LogP contribution in [0, 0.1) is 10.1 Å². The minimum atomic E-state index is -0.428. The summed E-state index contributed by atoms with van der Waals surface area (Å²) in [4.78, 5) is 21.7. The number of rotatable bonds is 1. The van der Waals surface area contributed by atoms with Crippen LogP contribution in [0.5, 0.6) is 5.88 Å². The summed E-state index contributed by atoms with van der Waals surface area (Å²) in [5, 5.41) is 10.8. The van der Waals surface area contributed by atoms with E-state index in [0.29, 0.717) is 29.6 Å². The van der Waals surface area contributed by atoms with E-state index in [-0.39, 0.29) is 5.69 Å². The number of nitrogens with zero attached hydrogens (tertiary/aromatic N) is 4. The molecule has 2 aromatic rings. The molecule has 1 aromatic heterocycles. The number of anilines is 1. The highest BCUT2D eigenvalue weighted by Crippen LogP contribution is 2.36. The number of hydrogen-bond donors (Lipinski definition) is 0. The van der Waals surface area contributed by atoms with Gasteiger partial charge in [0.1, 0.15) is 6.61 Å². The molecule has 2 aliphatic heterocycles. The van der Waals surface area contributed by atoms with E-state index in [1.807, 2.05) is 0 Å². The van der Waals surface area contributed by atoms with Crippen molar-refractivity contribution in [3.63, 3.8) is 0 Å². The Morgan fingerprint density at radius 3 is 3.05 bits per heavy atom. The first-order valence-corrected chi connectivity index (χ1v) is 7.08. The van der Waals surface area contributed by atoms with Crippen molar-refractivity contribution < 1.29 is 9.66 Å². The lowest BCUT2D eigenvalue weighted by Crippen LogP contribution is -2.46. The number of aromatic nitrogens is 2. The number of non-ortho nitro benzene ring substituents is 1. The van der Waals surface area contributed by atoms with Gasteiger partial charge < -0.3 is 9.64 Å². The third-order valence-electron chi connectivity index (χ3n) is 4.12. The van der Waals surface area contributed by atoms with Gasteiger partial charge in [0.25, 0.3) is 11.6 Å². The molecule has 21 heavy (non-hydrogen) atoms. The van der Waals surface area contributed by atoms with E-state index in [1.165, 1.54) is 18.6 Å². The minimum absolute atomic E-state index is 0.0170. The quantitative estimate of drug-likeness (QED) is 0.591. The van der Waals surface area contributed by atoms with Crippen LogP contribution < -0.4 is 9.64 Å². The second-order valence-corrected chi connectivity index (χ2v) is 5.44. The van der Waals surface area contributed by atoms with E-state index in [9.17, 15) is 10.1 Å². The van der Waals surface area contributed by atoms with Crippen molar-refractivity contribution in [3.8, 4) is 5.88 Å². The second kappa shape index (κ2) is 4.54. The van der Waals surface area contributed by atoms with Crippen LogP contribution in [-0.4, -0.2) is 34.1 Å². The summed E-state index contributed by atoms with van der Waals surface area (Å²) in [7, 11) is 0. The van der Waals surface area contributed by atoms with Crippen molar-refractivity contribution in [1.29, 1.82) is 0 Å². The number of piperidine rings is 1. The van der Waals surface area contributed by atoms with Gasteiger partial charge in [-0.3, -0.25) is 10.1 Å². The van der Waals surface area contributed by atoms with Crippen molar-refractivity contribution in [2.75, 3.05) is 18.1 Å². The summed E-state index contributed by atoms with van der Waals surface area (Å²) in [5.41, 5.74) is 1.18. The van der Waals surface area contributed by atoms with E-state index in [2.05, 4.69) is 14.9 Å². The van der Waals surface area contributed by atoms with Gasteiger partial charge in [0, 0.05) is 18.7 Å². The normalized spacial score (nSPS) is 20.6. The van der Waals surface area contributed by atoms with Crippen LogP contribution >= 0.6 is 0 Å². The van der Waals surface area contributed by atoms with Crippen molar-refractivity contribution in [2.45, 2.75) is 25.3 Å². The highest BCUT2D eigenvalue weighted by molar-refractivity contribution is 5.80. The van der Waals surface area contributed by atoms with Crippen LogP contribution in [-0.2, 0) is 0 Å². The molecule has 4 rings (SSSR count). The molecule has 1 aromatic carbocycles. The van der Waals surface area contributed by atoms with Crippen molar-refractivity contribution in [3.05, 3.63) is 28.3 Å². The van der Waals surface area contributed by atoms with Crippen molar-refractivity contribution in [2.24, 2.45) is 0 Å². The molecule has 1 saturated heterocycles. The lowest BCUT2D eigenvalue weighted by atomic mass is 10.0. The largest absolute Gasteiger partial charge is 0.473 e. The number of nitro groups is 1. The first kappa shape index (κ1) is 12.3. The molecule has 108 valence electrons. The lowest BCUT2D eigenvalue weighted by molar-refractivity contribution is -0.384. The molecule has 0 radical (unpaired) electrons. The van der Waals surface area contributed by atoms with Crippen LogP contribution in [0.15, 0.2) is 18.2 Å². The van der Waals surface area contributed by atoms with Gasteiger partial charge in [0.2, 0.25) is 0 Å².